The van der Waals surface area contributed by atoms with E-state index < -0.39 is 0 Å². The van der Waals surface area contributed by atoms with Crippen LogP contribution < -0.4 is 0 Å². The molecule has 2 aromatic carbocycles. The summed E-state index contributed by atoms with van der Waals surface area (Å²) < 4.78 is 0. The molecule has 90 valence electrons. The van der Waals surface area contributed by atoms with E-state index in [1.807, 2.05) is 55.5 Å². The van der Waals surface area contributed by atoms with Crippen molar-refractivity contribution >= 4 is 16.7 Å². The highest BCUT2D eigenvalue weighted by atomic mass is 16.1. The summed E-state index contributed by atoms with van der Waals surface area (Å²) in [5.41, 5.74) is 5.36. The first-order chi connectivity index (χ1) is 9.24. The highest BCUT2D eigenvalue weighted by Crippen LogP contribution is 2.37. The number of hydrogen-bond donors (Lipinski definition) is 0. The number of carbonyl (C=O) groups is 1. The van der Waals surface area contributed by atoms with Gasteiger partial charge in [-0.25, -0.2) is 4.98 Å². The van der Waals surface area contributed by atoms with Gasteiger partial charge in [0.05, 0.1) is 11.2 Å². The SMILES string of the molecule is Cc1ccc2c(c1)-c1nc3ccccc3cc1C2=O. The number of aromatic nitrogens is 1. The predicted molar refractivity (Wildman–Crippen MR) is 75.3 cm³/mol. The van der Waals surface area contributed by atoms with Gasteiger partial charge in [0.15, 0.2) is 5.78 Å². The Morgan fingerprint density at radius 1 is 0.895 bits per heavy atom. The van der Waals surface area contributed by atoms with E-state index in [9.17, 15) is 4.79 Å². The summed E-state index contributed by atoms with van der Waals surface area (Å²) in [6.07, 6.45) is 0. The Morgan fingerprint density at radius 2 is 1.74 bits per heavy atom. The number of aryl methyl sites for hydroxylation is 1. The van der Waals surface area contributed by atoms with E-state index in [4.69, 9.17) is 0 Å². The van der Waals surface area contributed by atoms with E-state index in [0.29, 0.717) is 0 Å². The molecule has 0 atom stereocenters. The Hall–Kier alpha value is -2.48. The van der Waals surface area contributed by atoms with Crippen LogP contribution in [-0.4, -0.2) is 10.8 Å². The number of hydrogen-bond acceptors (Lipinski definition) is 2. The van der Waals surface area contributed by atoms with Gasteiger partial charge in [0.2, 0.25) is 0 Å². The zero-order valence-electron chi connectivity index (χ0n) is 10.5. The third-order valence-electron chi connectivity index (χ3n) is 3.64. The molecule has 0 aliphatic heterocycles. The lowest BCUT2D eigenvalue weighted by Crippen LogP contribution is -1.95. The molecule has 1 aliphatic rings. The van der Waals surface area contributed by atoms with Crippen molar-refractivity contribution in [3.63, 3.8) is 0 Å². The Balaban J connectivity index is 2.12. The lowest BCUT2D eigenvalue weighted by molar-refractivity contribution is 0.104. The fourth-order valence-electron chi connectivity index (χ4n) is 2.69. The Bertz CT molecular complexity index is 849. The average Bonchev–Trinajstić information content (AvgIpc) is 2.69. The summed E-state index contributed by atoms with van der Waals surface area (Å²) in [7, 11) is 0. The molecule has 1 heterocycles. The summed E-state index contributed by atoms with van der Waals surface area (Å²) in [4.78, 5) is 17.1. The highest BCUT2D eigenvalue weighted by Gasteiger charge is 2.28. The van der Waals surface area contributed by atoms with Crippen molar-refractivity contribution in [3.05, 3.63) is 65.2 Å². The molecule has 0 N–H and O–H groups in total. The fraction of sp³-hybridized carbons (Fsp3) is 0.0588. The zero-order valence-corrected chi connectivity index (χ0v) is 10.5. The van der Waals surface area contributed by atoms with Crippen LogP contribution in [0.25, 0.3) is 22.2 Å². The molecule has 0 radical (unpaired) electrons. The minimum atomic E-state index is 0.0863. The topological polar surface area (TPSA) is 30.0 Å². The van der Waals surface area contributed by atoms with Gasteiger partial charge in [-0.15, -0.1) is 0 Å². The quantitative estimate of drug-likeness (QED) is 0.472. The van der Waals surface area contributed by atoms with Crippen LogP contribution in [0.15, 0.2) is 48.5 Å². The predicted octanol–water partition coefficient (Wildman–Crippen LogP) is 3.75. The Labute approximate surface area is 110 Å². The second-order valence-electron chi connectivity index (χ2n) is 4.96. The van der Waals surface area contributed by atoms with Crippen molar-refractivity contribution in [2.75, 3.05) is 0 Å². The summed E-state index contributed by atoms with van der Waals surface area (Å²) in [6.45, 7) is 2.03. The van der Waals surface area contributed by atoms with E-state index in [2.05, 4.69) is 4.98 Å². The van der Waals surface area contributed by atoms with Crippen LogP contribution in [-0.2, 0) is 0 Å². The normalized spacial score (nSPS) is 12.6. The van der Waals surface area contributed by atoms with Gasteiger partial charge in [-0.1, -0.05) is 35.9 Å². The molecule has 1 aromatic heterocycles. The molecule has 3 aromatic rings. The number of fused-ring (bicyclic) bond motifs is 4. The lowest BCUT2D eigenvalue weighted by atomic mass is 10.1. The molecule has 0 saturated carbocycles. The molecule has 4 rings (SSSR count). The monoisotopic (exact) mass is 245 g/mol. The summed E-state index contributed by atoms with van der Waals surface area (Å²) in [5, 5.41) is 1.01. The van der Waals surface area contributed by atoms with Crippen LogP contribution in [0.4, 0.5) is 0 Å². The molecule has 0 bridgehead atoms. The van der Waals surface area contributed by atoms with Crippen LogP contribution in [0, 0.1) is 6.92 Å². The van der Waals surface area contributed by atoms with Gasteiger partial charge in [0, 0.05) is 22.1 Å². The molecule has 1 aliphatic carbocycles. The van der Waals surface area contributed by atoms with Crippen molar-refractivity contribution in [1.29, 1.82) is 0 Å². The molecule has 2 nitrogen and oxygen atoms in total. The van der Waals surface area contributed by atoms with Gasteiger partial charge in [0.25, 0.3) is 0 Å². The summed E-state index contributed by atoms with van der Waals surface area (Å²) in [5.74, 6) is 0.0863. The molecule has 0 unspecified atom stereocenters. The maximum absolute atomic E-state index is 12.4. The third kappa shape index (κ3) is 1.37. The van der Waals surface area contributed by atoms with Crippen LogP contribution in [0.3, 0.4) is 0 Å². The number of benzene rings is 2. The average molecular weight is 245 g/mol. The largest absolute Gasteiger partial charge is 0.289 e. The summed E-state index contributed by atoms with van der Waals surface area (Å²) >= 11 is 0. The van der Waals surface area contributed by atoms with E-state index in [0.717, 1.165) is 38.9 Å². The van der Waals surface area contributed by atoms with Crippen LogP contribution in [0.5, 0.6) is 0 Å². The first kappa shape index (κ1) is 10.4. The van der Waals surface area contributed by atoms with Gasteiger partial charge >= 0.3 is 0 Å². The van der Waals surface area contributed by atoms with Gasteiger partial charge in [-0.05, 0) is 25.1 Å². The smallest absolute Gasteiger partial charge is 0.195 e. The number of nitrogens with zero attached hydrogens (tertiary/aromatic N) is 1. The first-order valence-corrected chi connectivity index (χ1v) is 6.29. The highest BCUT2D eigenvalue weighted by molar-refractivity contribution is 6.22. The van der Waals surface area contributed by atoms with Gasteiger partial charge in [0.1, 0.15) is 0 Å². The van der Waals surface area contributed by atoms with E-state index in [1.54, 1.807) is 0 Å². The van der Waals surface area contributed by atoms with Gasteiger partial charge < -0.3 is 0 Å². The zero-order chi connectivity index (χ0) is 13.0. The number of pyridine rings is 1. The van der Waals surface area contributed by atoms with E-state index in [1.165, 1.54) is 0 Å². The molecular weight excluding hydrogens is 234 g/mol. The molecule has 0 spiro atoms. The summed E-state index contributed by atoms with van der Waals surface area (Å²) in [6, 6.07) is 15.8. The lowest BCUT2D eigenvalue weighted by Gasteiger charge is -2.02. The Morgan fingerprint density at radius 3 is 2.63 bits per heavy atom. The van der Waals surface area contributed by atoms with Crippen molar-refractivity contribution in [2.45, 2.75) is 6.92 Å². The molecule has 0 fully saturated rings. The molecule has 0 saturated heterocycles. The van der Waals surface area contributed by atoms with Crippen molar-refractivity contribution < 1.29 is 4.79 Å². The van der Waals surface area contributed by atoms with E-state index >= 15 is 0 Å². The minimum Gasteiger partial charge on any atom is -0.289 e. The number of para-hydroxylation sites is 1. The van der Waals surface area contributed by atoms with E-state index in [-0.39, 0.29) is 5.78 Å². The minimum absolute atomic E-state index is 0.0863. The molecule has 19 heavy (non-hydrogen) atoms. The van der Waals surface area contributed by atoms with Crippen LogP contribution in [0.2, 0.25) is 0 Å². The number of carbonyl (C=O) groups excluding carboxylic acids is 1. The van der Waals surface area contributed by atoms with Crippen molar-refractivity contribution in [3.8, 4) is 11.3 Å². The van der Waals surface area contributed by atoms with Crippen molar-refractivity contribution in [1.82, 2.24) is 4.98 Å². The second-order valence-corrected chi connectivity index (χ2v) is 4.96. The molecule has 0 amide bonds. The molecule has 2 heteroatoms. The fourth-order valence-corrected chi connectivity index (χ4v) is 2.69. The molecular formula is C17H11NO. The van der Waals surface area contributed by atoms with Crippen LogP contribution >= 0.6 is 0 Å². The second kappa shape index (κ2) is 3.51. The number of rotatable bonds is 0. The first-order valence-electron chi connectivity index (χ1n) is 6.29. The number of ketones is 1. The van der Waals surface area contributed by atoms with Crippen LogP contribution in [0.1, 0.15) is 21.5 Å². The van der Waals surface area contributed by atoms with Gasteiger partial charge in [-0.2, -0.15) is 0 Å². The van der Waals surface area contributed by atoms with Gasteiger partial charge in [-0.3, -0.25) is 4.79 Å². The third-order valence-corrected chi connectivity index (χ3v) is 3.64. The maximum Gasteiger partial charge on any atom is 0.195 e. The maximum atomic E-state index is 12.4. The van der Waals surface area contributed by atoms with Crippen molar-refractivity contribution in [2.24, 2.45) is 0 Å². The Kier molecular flexibility index (Phi) is 1.93. The standard InChI is InChI=1S/C17H11NO/c1-10-6-7-12-13(8-10)16-14(17(12)19)9-11-4-2-3-5-15(11)18-16/h2-9H,1H3.